The predicted molar refractivity (Wildman–Crippen MR) is 433 cm³/mol. The number of fused-ring (bicyclic) bond motifs is 6. The number of benzene rings is 6. The lowest BCUT2D eigenvalue weighted by Crippen LogP contribution is -2.43. The summed E-state index contributed by atoms with van der Waals surface area (Å²) in [6, 6.07) is 36.0. The number of nitrogens with zero attached hydrogens (tertiary/aromatic N) is 15. The van der Waals surface area contributed by atoms with Crippen LogP contribution in [-0.4, -0.2) is 137 Å². The van der Waals surface area contributed by atoms with Crippen molar-refractivity contribution >= 4 is 66.0 Å². The molecule has 0 radical (unpaired) electrons. The maximum atomic E-state index is 13.8. The summed E-state index contributed by atoms with van der Waals surface area (Å²) in [5.41, 5.74) is 17.5. The van der Waals surface area contributed by atoms with Gasteiger partial charge in [0.25, 0.3) is 5.88 Å². The molecule has 2 aliphatic heterocycles. The van der Waals surface area contributed by atoms with Crippen molar-refractivity contribution in [1.29, 1.82) is 0 Å². The van der Waals surface area contributed by atoms with E-state index in [1.165, 1.54) is 48.1 Å². The van der Waals surface area contributed by atoms with E-state index in [1.54, 1.807) is 48.7 Å². The van der Waals surface area contributed by atoms with E-state index in [1.807, 2.05) is 132 Å². The summed E-state index contributed by atoms with van der Waals surface area (Å²) in [5, 5.41) is 25.6. The normalized spacial score (nSPS) is 13.4. The number of imidazole rings is 1. The van der Waals surface area contributed by atoms with Gasteiger partial charge in [-0.25, -0.2) is 29.4 Å². The minimum Gasteiger partial charge on any atom is -0.480 e. The summed E-state index contributed by atoms with van der Waals surface area (Å²) in [6.07, 6.45) is 9.81. The third-order valence-electron chi connectivity index (χ3n) is 20.3. The number of hydrogen-bond acceptors (Lipinski definition) is 20. The number of hydrogen-bond donors (Lipinski definition) is 0. The van der Waals surface area contributed by atoms with Crippen LogP contribution >= 0.6 is 0 Å². The van der Waals surface area contributed by atoms with E-state index in [4.69, 9.17) is 27.7 Å². The van der Waals surface area contributed by atoms with E-state index in [0.29, 0.717) is 103 Å². The van der Waals surface area contributed by atoms with Crippen molar-refractivity contribution in [2.45, 2.75) is 93.4 Å². The highest BCUT2D eigenvalue weighted by Crippen LogP contribution is 2.39. The van der Waals surface area contributed by atoms with Crippen LogP contribution in [0.3, 0.4) is 0 Å². The van der Waals surface area contributed by atoms with Crippen molar-refractivity contribution in [3.63, 3.8) is 0 Å². The van der Waals surface area contributed by atoms with E-state index >= 15 is 0 Å². The summed E-state index contributed by atoms with van der Waals surface area (Å²) >= 11 is 0. The van der Waals surface area contributed by atoms with Crippen molar-refractivity contribution in [3.05, 3.63) is 253 Å². The van der Waals surface area contributed by atoms with Crippen LogP contribution in [0.2, 0.25) is 0 Å². The Labute approximate surface area is 657 Å². The van der Waals surface area contributed by atoms with Crippen LogP contribution in [0.4, 0.5) is 18.9 Å². The van der Waals surface area contributed by atoms with Gasteiger partial charge in [-0.2, -0.15) is 18.3 Å². The number of aryl methyl sites for hydroxylation is 7. The smallest absolute Gasteiger partial charge is 0.416 e. The summed E-state index contributed by atoms with van der Waals surface area (Å²) in [5.74, 6) is 22.4. The standard InChI is InChI=1S/C32H31N5O3.C30H27F3N6O.C28H24N4O2/c1-20-12-24(19-37-10-6-5-7-11-37)15-25(13-20)39-32-28-18-34-31(38-4)26(30(28)40-36-32)9-8-23-14-21(2)27-17-33-22(3)35-29(27)16-23;1-20-5-7-26-27(36-40-29(26)25(20)8-6-24-18-34-28-4-3-9-35-39(24)28)17-21-14-22(16-23(15-21)30(31,32)33)19-38-12-10-37(2)11-13-38;1-17-11-20-13-21(30-31-25(20)12-18(17)2)9-10-24-28-27(19(3)15-29-24)26(16-33-28)34-23-8-6-7-22(14-23)32(4)5/h12-18H,5-7,10-11,19H2,1-4H3;3-5,7,9,14-16,18H,10-13,17,19H2,1-2H3;6-8,11-16H,1-5H3. The minimum atomic E-state index is -4.44. The number of halogens is 3. The number of aromatic nitrogens is 11. The number of likely N-dealkylation sites (tertiary alicyclic amines) is 1. The molecule has 0 spiro atoms. The SMILES string of the molecule is COc1ncc2c(Oc3cc(C)cc(CN4CCCCC4)c3)noc2c1C#Cc1cc(C)c2cnc(C)nc2c1.Cc1cc2cc(C#Cc3ncc(C)c4c(Oc5cccc(N(C)C)c5)coc34)nnc2cc1C.Cc1ccc2c(Cc3cc(CN4CCN(C)CC4)cc(C(F)(F)F)c3)noc2c1C#Cc1cnc2cccnn12. The zero-order valence-corrected chi connectivity index (χ0v) is 65.2. The number of ether oxygens (including phenoxy) is 3. The molecule has 0 bridgehead atoms. The van der Waals surface area contributed by atoms with E-state index in [-0.39, 0.29) is 6.42 Å². The summed E-state index contributed by atoms with van der Waals surface area (Å²) < 4.78 is 78.4. The molecule has 0 amide bonds. The summed E-state index contributed by atoms with van der Waals surface area (Å²) in [7, 11) is 7.60. The Morgan fingerprint density at radius 2 is 1.32 bits per heavy atom. The number of pyridine rings is 2. The maximum Gasteiger partial charge on any atom is 0.416 e. The lowest BCUT2D eigenvalue weighted by atomic mass is 9.98. The minimum absolute atomic E-state index is 0.208. The third kappa shape index (κ3) is 17.3. The summed E-state index contributed by atoms with van der Waals surface area (Å²) in [4.78, 5) is 31.1. The number of likely N-dealkylation sites (N-methyl/N-ethyl adjacent to an activating group) is 1. The molecule has 17 rings (SSSR count). The number of rotatable bonds is 12. The number of piperazine rings is 1. The molecule has 9 aromatic heterocycles. The van der Waals surface area contributed by atoms with Crippen molar-refractivity contribution in [2.24, 2.45) is 0 Å². The molecule has 2 aliphatic rings. The van der Waals surface area contributed by atoms with Gasteiger partial charge in [-0.15, -0.1) is 10.2 Å². The first-order valence-electron chi connectivity index (χ1n) is 37.6. The average Bonchev–Trinajstić information content (AvgIpc) is 1.61. The molecule has 2 saturated heterocycles. The second-order valence-corrected chi connectivity index (χ2v) is 29.2. The van der Waals surface area contributed by atoms with Gasteiger partial charge in [-0.3, -0.25) is 9.80 Å². The fraction of sp³-hybridized carbons (Fsp3) is 0.267. The van der Waals surface area contributed by atoms with E-state index < -0.39 is 11.7 Å². The molecule has 21 nitrogen and oxygen atoms in total. The second-order valence-electron chi connectivity index (χ2n) is 29.2. The molecule has 24 heteroatoms. The maximum absolute atomic E-state index is 13.8. The van der Waals surface area contributed by atoms with Gasteiger partial charge in [0, 0.05) is 118 Å². The van der Waals surface area contributed by atoms with Crippen LogP contribution in [0.5, 0.6) is 29.0 Å². The lowest BCUT2D eigenvalue weighted by molar-refractivity contribution is -0.137. The van der Waals surface area contributed by atoms with E-state index in [0.717, 1.165) is 123 Å². The molecule has 0 N–H and O–H groups in total. The number of piperidine rings is 1. The van der Waals surface area contributed by atoms with Gasteiger partial charge in [-0.05, 0) is 239 Å². The Kier molecular flexibility index (Phi) is 22.2. The quantitative estimate of drug-likeness (QED) is 0.104. The van der Waals surface area contributed by atoms with Crippen LogP contribution in [0.15, 0.2) is 166 Å². The predicted octanol–water partition coefficient (Wildman–Crippen LogP) is 17.2. The Morgan fingerprint density at radius 1 is 0.561 bits per heavy atom. The molecule has 0 saturated carbocycles. The molecular formula is C90H82F3N15O6. The molecule has 574 valence electrons. The van der Waals surface area contributed by atoms with Gasteiger partial charge >= 0.3 is 6.18 Å². The van der Waals surface area contributed by atoms with Crippen LogP contribution in [0, 0.1) is 84.0 Å². The molecule has 114 heavy (non-hydrogen) atoms. The lowest BCUT2D eigenvalue weighted by Gasteiger charge is -2.32. The van der Waals surface area contributed by atoms with E-state index in [2.05, 4.69) is 147 Å². The van der Waals surface area contributed by atoms with Gasteiger partial charge < -0.3 is 37.5 Å². The molecule has 0 atom stereocenters. The van der Waals surface area contributed by atoms with Crippen LogP contribution in [0.25, 0.3) is 60.4 Å². The van der Waals surface area contributed by atoms with Crippen LogP contribution < -0.4 is 19.1 Å². The molecule has 0 aliphatic carbocycles. The number of methoxy groups -OCH3 is 1. The van der Waals surface area contributed by atoms with Gasteiger partial charge in [0.15, 0.2) is 33.8 Å². The molecular weight excluding hydrogens is 1440 g/mol. The Hall–Kier alpha value is -13.1. The van der Waals surface area contributed by atoms with Crippen molar-refractivity contribution < 1.29 is 40.8 Å². The van der Waals surface area contributed by atoms with Gasteiger partial charge in [-0.1, -0.05) is 53.6 Å². The largest absolute Gasteiger partial charge is 0.480 e. The zero-order valence-electron chi connectivity index (χ0n) is 65.2. The fourth-order valence-corrected chi connectivity index (χ4v) is 14.1. The third-order valence-corrected chi connectivity index (χ3v) is 20.3. The Balaban J connectivity index is 0.000000135. The first-order valence-corrected chi connectivity index (χ1v) is 37.6. The summed E-state index contributed by atoms with van der Waals surface area (Å²) in [6.45, 7) is 21.1. The molecule has 6 aromatic carbocycles. The average molecular weight is 1530 g/mol. The molecule has 0 unspecified atom stereocenters. The molecule has 11 heterocycles. The number of anilines is 1. The van der Waals surface area contributed by atoms with E-state index in [9.17, 15) is 13.2 Å². The van der Waals surface area contributed by atoms with Crippen molar-refractivity contribution in [3.8, 4) is 64.5 Å². The molecule has 15 aromatic rings. The topological polar surface area (TPSA) is 213 Å². The highest BCUT2D eigenvalue weighted by Gasteiger charge is 2.32. The van der Waals surface area contributed by atoms with Crippen LogP contribution in [-0.2, 0) is 25.7 Å². The van der Waals surface area contributed by atoms with Gasteiger partial charge in [0.2, 0.25) is 5.88 Å². The second kappa shape index (κ2) is 33.1. The monoisotopic (exact) mass is 1530 g/mol. The number of alkyl halides is 3. The van der Waals surface area contributed by atoms with Crippen molar-refractivity contribution in [1.82, 2.24) is 69.7 Å². The van der Waals surface area contributed by atoms with Gasteiger partial charge in [0.05, 0.1) is 46.5 Å². The Bertz CT molecular complexity index is 6350. The zero-order chi connectivity index (χ0) is 79.3. The highest BCUT2D eigenvalue weighted by molar-refractivity contribution is 5.92. The molecule has 2 fully saturated rings. The highest BCUT2D eigenvalue weighted by atomic mass is 19.4. The fourth-order valence-electron chi connectivity index (χ4n) is 14.1. The van der Waals surface area contributed by atoms with Crippen molar-refractivity contribution in [2.75, 3.05) is 72.4 Å². The van der Waals surface area contributed by atoms with Crippen LogP contribution in [0.1, 0.15) is 120 Å². The first-order chi connectivity index (χ1) is 55.1. The first kappa shape index (κ1) is 76.3. The van der Waals surface area contributed by atoms with Gasteiger partial charge in [0.1, 0.15) is 45.9 Å². The number of furan rings is 1. The Morgan fingerprint density at radius 3 is 2.13 bits per heavy atom.